The smallest absolute Gasteiger partial charge is 0.0449 e. The summed E-state index contributed by atoms with van der Waals surface area (Å²) in [5.74, 6) is 0. The monoisotopic (exact) mass is 165 g/mol. The molecule has 0 amide bonds. The second-order valence-corrected chi connectivity index (χ2v) is 2.76. The Labute approximate surface area is 73.2 Å². The summed E-state index contributed by atoms with van der Waals surface area (Å²) in [5, 5.41) is 11.9. The van der Waals surface area contributed by atoms with Crippen molar-refractivity contribution in [1.82, 2.24) is 5.32 Å². The highest BCUT2D eigenvalue weighted by molar-refractivity contribution is 5.18. The second kappa shape index (κ2) is 4.91. The molecular weight excluding hydrogens is 150 g/mol. The average molecular weight is 165 g/mol. The van der Waals surface area contributed by atoms with Crippen molar-refractivity contribution in [3.8, 4) is 0 Å². The molecule has 0 radical (unpaired) electrons. The van der Waals surface area contributed by atoms with Crippen LogP contribution in [0.5, 0.6) is 0 Å². The van der Waals surface area contributed by atoms with Crippen molar-refractivity contribution in [2.24, 2.45) is 0 Å². The predicted molar refractivity (Wildman–Crippen MR) is 49.9 cm³/mol. The number of hydrogen-bond donors (Lipinski definition) is 2. The SMILES string of the molecule is CNC(CCO)c1ccccc1. The van der Waals surface area contributed by atoms with Gasteiger partial charge in [0.15, 0.2) is 0 Å². The molecule has 12 heavy (non-hydrogen) atoms. The maximum atomic E-state index is 8.79. The van der Waals surface area contributed by atoms with Gasteiger partial charge in [0.25, 0.3) is 0 Å². The summed E-state index contributed by atoms with van der Waals surface area (Å²) in [6.07, 6.45) is 0.764. The number of aliphatic hydroxyl groups is 1. The normalized spacial score (nSPS) is 12.8. The zero-order valence-electron chi connectivity index (χ0n) is 7.33. The van der Waals surface area contributed by atoms with E-state index in [1.807, 2.05) is 25.2 Å². The third-order valence-electron chi connectivity index (χ3n) is 1.97. The second-order valence-electron chi connectivity index (χ2n) is 2.76. The van der Waals surface area contributed by atoms with Gasteiger partial charge >= 0.3 is 0 Å². The topological polar surface area (TPSA) is 32.3 Å². The number of hydrogen-bond acceptors (Lipinski definition) is 2. The summed E-state index contributed by atoms with van der Waals surface area (Å²) < 4.78 is 0. The van der Waals surface area contributed by atoms with Crippen LogP contribution in [0.4, 0.5) is 0 Å². The molecule has 0 heterocycles. The zero-order valence-corrected chi connectivity index (χ0v) is 7.33. The van der Waals surface area contributed by atoms with Gasteiger partial charge in [-0.05, 0) is 19.0 Å². The van der Waals surface area contributed by atoms with Crippen LogP contribution in [0.3, 0.4) is 0 Å². The Kier molecular flexibility index (Phi) is 3.77. The first-order valence-electron chi connectivity index (χ1n) is 4.21. The molecule has 0 aromatic heterocycles. The fraction of sp³-hybridized carbons (Fsp3) is 0.400. The predicted octanol–water partition coefficient (Wildman–Crippen LogP) is 1.33. The van der Waals surface area contributed by atoms with E-state index in [2.05, 4.69) is 17.4 Å². The molecule has 2 heteroatoms. The molecule has 1 aromatic rings. The number of benzene rings is 1. The van der Waals surface area contributed by atoms with Gasteiger partial charge in [-0.25, -0.2) is 0 Å². The van der Waals surface area contributed by atoms with Gasteiger partial charge in [-0.2, -0.15) is 0 Å². The quantitative estimate of drug-likeness (QED) is 0.705. The highest BCUT2D eigenvalue weighted by Gasteiger charge is 2.05. The molecule has 1 aromatic carbocycles. The molecule has 1 unspecified atom stereocenters. The van der Waals surface area contributed by atoms with Crippen LogP contribution >= 0.6 is 0 Å². The van der Waals surface area contributed by atoms with E-state index in [1.165, 1.54) is 5.56 Å². The molecule has 0 saturated carbocycles. The fourth-order valence-electron chi connectivity index (χ4n) is 1.29. The summed E-state index contributed by atoms with van der Waals surface area (Å²) in [5.41, 5.74) is 1.23. The van der Waals surface area contributed by atoms with Crippen molar-refractivity contribution in [2.75, 3.05) is 13.7 Å². The summed E-state index contributed by atoms with van der Waals surface area (Å²) in [6, 6.07) is 10.4. The molecule has 0 saturated heterocycles. The lowest BCUT2D eigenvalue weighted by Gasteiger charge is -2.14. The summed E-state index contributed by atoms with van der Waals surface area (Å²) >= 11 is 0. The number of nitrogens with one attached hydrogen (secondary N) is 1. The summed E-state index contributed by atoms with van der Waals surface area (Å²) in [4.78, 5) is 0. The van der Waals surface area contributed by atoms with Crippen molar-refractivity contribution < 1.29 is 5.11 Å². The fourth-order valence-corrected chi connectivity index (χ4v) is 1.29. The summed E-state index contributed by atoms with van der Waals surface area (Å²) in [6.45, 7) is 0.223. The van der Waals surface area contributed by atoms with E-state index in [0.29, 0.717) is 0 Å². The minimum atomic E-state index is 0.223. The van der Waals surface area contributed by atoms with Crippen LogP contribution in [0.15, 0.2) is 30.3 Å². The van der Waals surface area contributed by atoms with Gasteiger partial charge in [0.1, 0.15) is 0 Å². The minimum absolute atomic E-state index is 0.223. The van der Waals surface area contributed by atoms with Gasteiger partial charge in [-0.15, -0.1) is 0 Å². The lowest BCUT2D eigenvalue weighted by Crippen LogP contribution is -2.17. The van der Waals surface area contributed by atoms with Crippen molar-refractivity contribution in [1.29, 1.82) is 0 Å². The van der Waals surface area contributed by atoms with Crippen LogP contribution in [0, 0.1) is 0 Å². The molecule has 0 aliphatic rings. The van der Waals surface area contributed by atoms with E-state index in [9.17, 15) is 0 Å². The molecule has 0 spiro atoms. The van der Waals surface area contributed by atoms with Crippen molar-refractivity contribution >= 4 is 0 Å². The largest absolute Gasteiger partial charge is 0.396 e. The van der Waals surface area contributed by atoms with E-state index in [1.54, 1.807) is 0 Å². The Morgan fingerprint density at radius 2 is 2.00 bits per heavy atom. The molecular formula is C10H15NO. The van der Waals surface area contributed by atoms with Gasteiger partial charge in [0.2, 0.25) is 0 Å². The van der Waals surface area contributed by atoms with E-state index < -0.39 is 0 Å². The molecule has 2 nitrogen and oxygen atoms in total. The van der Waals surface area contributed by atoms with Crippen LogP contribution in [-0.4, -0.2) is 18.8 Å². The number of aliphatic hydroxyl groups excluding tert-OH is 1. The lowest BCUT2D eigenvalue weighted by molar-refractivity contribution is 0.269. The van der Waals surface area contributed by atoms with E-state index >= 15 is 0 Å². The van der Waals surface area contributed by atoms with Crippen LogP contribution < -0.4 is 5.32 Å². The first kappa shape index (κ1) is 9.23. The van der Waals surface area contributed by atoms with Crippen LogP contribution in [0.2, 0.25) is 0 Å². The zero-order chi connectivity index (χ0) is 8.81. The molecule has 1 atom stereocenters. The molecule has 1 rings (SSSR count). The van der Waals surface area contributed by atoms with Crippen molar-refractivity contribution in [3.63, 3.8) is 0 Å². The Hall–Kier alpha value is -0.860. The maximum Gasteiger partial charge on any atom is 0.0449 e. The van der Waals surface area contributed by atoms with E-state index in [0.717, 1.165) is 6.42 Å². The van der Waals surface area contributed by atoms with Gasteiger partial charge < -0.3 is 10.4 Å². The number of rotatable bonds is 4. The van der Waals surface area contributed by atoms with Crippen LogP contribution in [0.1, 0.15) is 18.0 Å². The molecule has 0 aliphatic carbocycles. The van der Waals surface area contributed by atoms with Gasteiger partial charge in [0, 0.05) is 12.6 Å². The lowest BCUT2D eigenvalue weighted by atomic mass is 10.0. The van der Waals surface area contributed by atoms with Crippen LogP contribution in [0.25, 0.3) is 0 Å². The molecule has 2 N–H and O–H groups in total. The molecule has 0 bridgehead atoms. The van der Waals surface area contributed by atoms with Gasteiger partial charge in [-0.3, -0.25) is 0 Å². The van der Waals surface area contributed by atoms with Gasteiger partial charge in [0.05, 0.1) is 0 Å². The Bertz CT molecular complexity index is 210. The highest BCUT2D eigenvalue weighted by Crippen LogP contribution is 2.14. The first-order chi connectivity index (χ1) is 5.88. The third-order valence-corrected chi connectivity index (χ3v) is 1.97. The Balaban J connectivity index is 2.66. The van der Waals surface area contributed by atoms with E-state index in [-0.39, 0.29) is 12.6 Å². The summed E-state index contributed by atoms with van der Waals surface area (Å²) in [7, 11) is 1.91. The minimum Gasteiger partial charge on any atom is -0.396 e. The Morgan fingerprint density at radius 1 is 1.33 bits per heavy atom. The molecule has 0 aliphatic heterocycles. The standard InChI is InChI=1S/C10H15NO/c1-11-10(7-8-12)9-5-3-2-4-6-9/h2-6,10-12H,7-8H2,1H3. The first-order valence-corrected chi connectivity index (χ1v) is 4.21. The average Bonchev–Trinajstić information content (AvgIpc) is 2.15. The van der Waals surface area contributed by atoms with Crippen LogP contribution in [-0.2, 0) is 0 Å². The highest BCUT2D eigenvalue weighted by atomic mass is 16.3. The molecule has 0 fully saturated rings. The maximum absolute atomic E-state index is 8.79. The van der Waals surface area contributed by atoms with E-state index in [4.69, 9.17) is 5.11 Å². The van der Waals surface area contributed by atoms with Gasteiger partial charge in [-0.1, -0.05) is 30.3 Å². The van der Waals surface area contributed by atoms with Crippen molar-refractivity contribution in [2.45, 2.75) is 12.5 Å². The molecule has 66 valence electrons. The third kappa shape index (κ3) is 2.32. The Morgan fingerprint density at radius 3 is 2.50 bits per heavy atom. The van der Waals surface area contributed by atoms with Crippen molar-refractivity contribution in [3.05, 3.63) is 35.9 Å².